The molecule has 0 radical (unpaired) electrons. The molecule has 0 aliphatic heterocycles. The van der Waals surface area contributed by atoms with Gasteiger partial charge in [-0.05, 0) is 39.8 Å². The van der Waals surface area contributed by atoms with Crippen molar-refractivity contribution in [3.63, 3.8) is 0 Å². The summed E-state index contributed by atoms with van der Waals surface area (Å²) in [7, 11) is 0. The number of carboxylic acids is 1. The molecule has 0 fully saturated rings. The number of aliphatic carboxylic acids is 1. The first-order valence-electron chi connectivity index (χ1n) is 7.19. The third kappa shape index (κ3) is 4.40. The zero-order valence-electron chi connectivity index (χ0n) is 12.8. The van der Waals surface area contributed by atoms with E-state index in [1.165, 1.54) is 0 Å². The summed E-state index contributed by atoms with van der Waals surface area (Å²) in [6, 6.07) is 4.26. The van der Waals surface area contributed by atoms with Crippen LogP contribution in [-0.4, -0.2) is 41.7 Å². The van der Waals surface area contributed by atoms with Gasteiger partial charge in [0.25, 0.3) is 0 Å². The highest BCUT2D eigenvalue weighted by Crippen LogP contribution is 2.20. The Balaban J connectivity index is 2.84. The number of hydrogen-bond donors (Lipinski definition) is 1. The van der Waals surface area contributed by atoms with Gasteiger partial charge in [0.05, 0.1) is 18.3 Å². The molecule has 0 bridgehead atoms. The Morgan fingerprint density at radius 3 is 2.35 bits per heavy atom. The van der Waals surface area contributed by atoms with Crippen LogP contribution in [0.5, 0.6) is 0 Å². The van der Waals surface area contributed by atoms with E-state index in [1.807, 2.05) is 18.3 Å². The van der Waals surface area contributed by atoms with Gasteiger partial charge < -0.3 is 14.9 Å². The highest BCUT2D eigenvalue weighted by Gasteiger charge is 2.13. The fourth-order valence-corrected chi connectivity index (χ4v) is 2.18. The van der Waals surface area contributed by atoms with E-state index in [9.17, 15) is 4.79 Å². The molecule has 0 aromatic carbocycles. The second-order valence-corrected chi connectivity index (χ2v) is 4.98. The molecule has 1 N–H and O–H groups in total. The molecule has 0 saturated carbocycles. The van der Waals surface area contributed by atoms with Crippen molar-refractivity contribution in [2.45, 2.75) is 40.2 Å². The number of nitrogens with zero attached hydrogens (tertiary/aromatic N) is 3. The third-order valence-corrected chi connectivity index (χ3v) is 3.34. The topological polar surface area (TPSA) is 56.7 Å². The largest absolute Gasteiger partial charge is 0.481 e. The molecule has 1 heterocycles. The molecule has 0 aliphatic rings. The Labute approximate surface area is 121 Å². The van der Waals surface area contributed by atoms with Gasteiger partial charge in [-0.1, -0.05) is 0 Å². The second-order valence-electron chi connectivity index (χ2n) is 4.98. The minimum atomic E-state index is -0.775. The maximum atomic E-state index is 10.7. The van der Waals surface area contributed by atoms with Crippen molar-refractivity contribution < 1.29 is 9.90 Å². The number of carbonyl (C=O) groups is 1. The molecule has 5 heteroatoms. The zero-order chi connectivity index (χ0) is 15.1. The maximum absolute atomic E-state index is 10.7. The smallest absolute Gasteiger partial charge is 0.305 e. The van der Waals surface area contributed by atoms with Gasteiger partial charge in [0, 0.05) is 25.7 Å². The average molecular weight is 279 g/mol. The molecular weight excluding hydrogens is 254 g/mol. The van der Waals surface area contributed by atoms with E-state index in [-0.39, 0.29) is 12.5 Å². The number of aromatic nitrogens is 1. The molecule has 0 aliphatic carbocycles. The monoisotopic (exact) mass is 279 g/mol. The molecule has 1 aromatic heterocycles. The van der Waals surface area contributed by atoms with Crippen molar-refractivity contribution in [1.29, 1.82) is 0 Å². The lowest BCUT2D eigenvalue weighted by molar-refractivity contribution is -0.136. The molecule has 0 saturated heterocycles. The Hall–Kier alpha value is -1.78. The predicted octanol–water partition coefficient (Wildman–Crippen LogP) is 2.62. The first-order chi connectivity index (χ1) is 9.49. The number of rotatable bonds is 8. The molecule has 0 unspecified atom stereocenters. The summed E-state index contributed by atoms with van der Waals surface area (Å²) < 4.78 is 0. The number of carboxylic acid groups (broad SMARTS) is 1. The van der Waals surface area contributed by atoms with Gasteiger partial charge in [-0.3, -0.25) is 4.79 Å². The van der Waals surface area contributed by atoms with Crippen LogP contribution in [0.25, 0.3) is 0 Å². The van der Waals surface area contributed by atoms with Crippen LogP contribution in [0.4, 0.5) is 11.5 Å². The highest BCUT2D eigenvalue weighted by molar-refractivity contribution is 5.67. The van der Waals surface area contributed by atoms with E-state index in [4.69, 9.17) is 5.11 Å². The van der Waals surface area contributed by atoms with E-state index < -0.39 is 5.97 Å². The maximum Gasteiger partial charge on any atom is 0.305 e. The lowest BCUT2D eigenvalue weighted by Crippen LogP contribution is -2.33. The summed E-state index contributed by atoms with van der Waals surface area (Å²) in [5.74, 6) is 0.184. The fourth-order valence-electron chi connectivity index (χ4n) is 2.18. The van der Waals surface area contributed by atoms with Gasteiger partial charge in [-0.2, -0.15) is 0 Å². The Morgan fingerprint density at radius 2 is 1.95 bits per heavy atom. The SMILES string of the molecule is CCN(CC)c1ccc(N(CCC(=O)O)C(C)C)cn1. The van der Waals surface area contributed by atoms with Crippen LogP contribution in [0.15, 0.2) is 18.3 Å². The summed E-state index contributed by atoms with van der Waals surface area (Å²) in [5.41, 5.74) is 0.970. The highest BCUT2D eigenvalue weighted by atomic mass is 16.4. The second kappa shape index (κ2) is 7.72. The van der Waals surface area contributed by atoms with Crippen LogP contribution in [0.2, 0.25) is 0 Å². The standard InChI is InChI=1S/C15H25N3O2/c1-5-17(6-2)14-8-7-13(11-16-14)18(12(3)4)10-9-15(19)20/h7-8,11-12H,5-6,9-10H2,1-4H3,(H,19,20). The lowest BCUT2D eigenvalue weighted by Gasteiger charge is -2.29. The minimum absolute atomic E-state index is 0.135. The van der Waals surface area contributed by atoms with Crippen LogP contribution >= 0.6 is 0 Å². The Bertz CT molecular complexity index is 414. The van der Waals surface area contributed by atoms with E-state index in [0.29, 0.717) is 6.54 Å². The van der Waals surface area contributed by atoms with Gasteiger partial charge in [0.1, 0.15) is 5.82 Å². The van der Waals surface area contributed by atoms with E-state index in [2.05, 4.69) is 42.5 Å². The van der Waals surface area contributed by atoms with Crippen molar-refractivity contribution in [1.82, 2.24) is 4.98 Å². The lowest BCUT2D eigenvalue weighted by atomic mass is 10.2. The van der Waals surface area contributed by atoms with Crippen molar-refractivity contribution in [2.75, 3.05) is 29.4 Å². The molecule has 1 aromatic rings. The molecule has 0 amide bonds. The molecule has 20 heavy (non-hydrogen) atoms. The van der Waals surface area contributed by atoms with Gasteiger partial charge >= 0.3 is 5.97 Å². The zero-order valence-corrected chi connectivity index (χ0v) is 12.8. The van der Waals surface area contributed by atoms with Crippen molar-refractivity contribution in [2.24, 2.45) is 0 Å². The number of hydrogen-bond acceptors (Lipinski definition) is 4. The summed E-state index contributed by atoms with van der Waals surface area (Å²) in [6.45, 7) is 10.7. The molecule has 0 spiro atoms. The van der Waals surface area contributed by atoms with Crippen molar-refractivity contribution >= 4 is 17.5 Å². The third-order valence-electron chi connectivity index (χ3n) is 3.34. The fraction of sp³-hybridized carbons (Fsp3) is 0.600. The van der Waals surface area contributed by atoms with Gasteiger partial charge in [-0.15, -0.1) is 0 Å². The Kier molecular flexibility index (Phi) is 6.28. The molecular formula is C15H25N3O2. The Morgan fingerprint density at radius 1 is 1.30 bits per heavy atom. The summed E-state index contributed by atoms with van der Waals surface area (Å²) in [6.07, 6.45) is 1.96. The average Bonchev–Trinajstić information content (AvgIpc) is 2.41. The van der Waals surface area contributed by atoms with Crippen molar-refractivity contribution in [3.8, 4) is 0 Å². The first kappa shape index (κ1) is 16.3. The molecule has 112 valence electrons. The van der Waals surface area contributed by atoms with Gasteiger partial charge in [-0.25, -0.2) is 4.98 Å². The van der Waals surface area contributed by atoms with E-state index >= 15 is 0 Å². The molecule has 1 rings (SSSR count). The van der Waals surface area contributed by atoms with Crippen LogP contribution < -0.4 is 9.80 Å². The van der Waals surface area contributed by atoms with Crippen LogP contribution in [0, 0.1) is 0 Å². The summed E-state index contributed by atoms with van der Waals surface area (Å²) in [4.78, 5) is 19.5. The quantitative estimate of drug-likeness (QED) is 0.792. The number of pyridine rings is 1. The normalized spacial score (nSPS) is 10.7. The van der Waals surface area contributed by atoms with Gasteiger partial charge in [0.15, 0.2) is 0 Å². The van der Waals surface area contributed by atoms with E-state index in [0.717, 1.165) is 24.6 Å². The van der Waals surface area contributed by atoms with Crippen LogP contribution in [0.1, 0.15) is 34.1 Å². The van der Waals surface area contributed by atoms with Crippen LogP contribution in [-0.2, 0) is 4.79 Å². The summed E-state index contributed by atoms with van der Waals surface area (Å²) >= 11 is 0. The summed E-state index contributed by atoms with van der Waals surface area (Å²) in [5, 5.41) is 8.82. The van der Waals surface area contributed by atoms with E-state index in [1.54, 1.807) is 0 Å². The van der Waals surface area contributed by atoms with Gasteiger partial charge in [0.2, 0.25) is 0 Å². The molecule has 5 nitrogen and oxygen atoms in total. The minimum Gasteiger partial charge on any atom is -0.481 e. The van der Waals surface area contributed by atoms with Crippen molar-refractivity contribution in [3.05, 3.63) is 18.3 Å². The molecule has 0 atom stereocenters. The first-order valence-corrected chi connectivity index (χ1v) is 7.19. The van der Waals surface area contributed by atoms with Crippen LogP contribution in [0.3, 0.4) is 0 Å². The predicted molar refractivity (Wildman–Crippen MR) is 82.5 cm³/mol. The number of anilines is 2.